The van der Waals surface area contributed by atoms with Crippen LogP contribution in [-0.2, 0) is 11.2 Å². The maximum atomic E-state index is 13.7. The standard InChI is InChI=1S/C28H29FN2O3S/c1-18-6-9-25(19(2)14-18)34-17-24-23-11-13-35-26(23)10-12-30(24)27(32)16-31(22-7-8-22)28(33)20-4-3-5-21(29)15-20/h3-6,9,11,13-15,22,24H,7-8,10,12,16-17H2,1-2H3. The van der Waals surface area contributed by atoms with Crippen LogP contribution in [0, 0.1) is 19.7 Å². The van der Waals surface area contributed by atoms with Gasteiger partial charge in [-0.3, -0.25) is 9.59 Å². The van der Waals surface area contributed by atoms with Crippen molar-refractivity contribution in [3.05, 3.63) is 86.9 Å². The number of carbonyl (C=O) groups is 2. The van der Waals surface area contributed by atoms with E-state index in [0.29, 0.717) is 13.2 Å². The molecular formula is C28H29FN2O3S. The van der Waals surface area contributed by atoms with Gasteiger partial charge in [0.2, 0.25) is 5.91 Å². The third kappa shape index (κ3) is 5.10. The molecule has 0 N–H and O–H groups in total. The minimum absolute atomic E-state index is 0.0143. The minimum Gasteiger partial charge on any atom is -0.491 e. The van der Waals surface area contributed by atoms with Crippen molar-refractivity contribution in [2.24, 2.45) is 0 Å². The normalized spacial score (nSPS) is 17.1. The molecule has 2 aromatic carbocycles. The zero-order valence-corrected chi connectivity index (χ0v) is 20.8. The number of aryl methyl sites for hydroxylation is 2. The van der Waals surface area contributed by atoms with Crippen molar-refractivity contribution in [1.29, 1.82) is 0 Å². The Kier molecular flexibility index (Phi) is 6.60. The van der Waals surface area contributed by atoms with Crippen LogP contribution in [0.3, 0.4) is 0 Å². The summed E-state index contributed by atoms with van der Waals surface area (Å²) < 4.78 is 20.0. The Labute approximate surface area is 209 Å². The fourth-order valence-electron chi connectivity index (χ4n) is 4.78. The first-order chi connectivity index (χ1) is 16.9. The summed E-state index contributed by atoms with van der Waals surface area (Å²) >= 11 is 1.71. The third-order valence-corrected chi connectivity index (χ3v) is 7.76. The van der Waals surface area contributed by atoms with Gasteiger partial charge in [0.1, 0.15) is 24.7 Å². The number of nitrogens with zero attached hydrogens (tertiary/aromatic N) is 2. The second-order valence-electron chi connectivity index (χ2n) is 9.41. The van der Waals surface area contributed by atoms with E-state index in [4.69, 9.17) is 4.74 Å². The molecule has 2 heterocycles. The molecule has 0 radical (unpaired) electrons. The molecule has 1 unspecified atom stereocenters. The van der Waals surface area contributed by atoms with Gasteiger partial charge in [-0.1, -0.05) is 23.8 Å². The van der Waals surface area contributed by atoms with Gasteiger partial charge >= 0.3 is 0 Å². The summed E-state index contributed by atoms with van der Waals surface area (Å²) in [6.45, 7) is 4.99. The summed E-state index contributed by atoms with van der Waals surface area (Å²) in [4.78, 5) is 31.5. The SMILES string of the molecule is Cc1ccc(OCC2c3ccsc3CCN2C(=O)CN(C(=O)c2cccc(F)c2)C2CC2)c(C)c1. The van der Waals surface area contributed by atoms with Crippen LogP contribution in [0.2, 0.25) is 0 Å². The molecule has 0 saturated heterocycles. The zero-order valence-electron chi connectivity index (χ0n) is 20.0. The van der Waals surface area contributed by atoms with Gasteiger partial charge in [0.05, 0.1) is 6.04 Å². The molecule has 7 heteroatoms. The van der Waals surface area contributed by atoms with Crippen molar-refractivity contribution in [3.8, 4) is 5.75 Å². The molecule has 1 aliphatic carbocycles. The molecular weight excluding hydrogens is 463 g/mol. The summed E-state index contributed by atoms with van der Waals surface area (Å²) in [5.41, 5.74) is 3.63. The van der Waals surface area contributed by atoms with E-state index in [0.717, 1.165) is 36.1 Å². The maximum absolute atomic E-state index is 13.7. The van der Waals surface area contributed by atoms with E-state index in [1.165, 1.54) is 28.6 Å². The Balaban J connectivity index is 1.35. The second kappa shape index (κ2) is 9.82. The van der Waals surface area contributed by atoms with E-state index in [1.54, 1.807) is 22.3 Å². The lowest BCUT2D eigenvalue weighted by atomic mass is 10.00. The quantitative estimate of drug-likeness (QED) is 0.449. The van der Waals surface area contributed by atoms with E-state index in [9.17, 15) is 14.0 Å². The number of amides is 2. The summed E-state index contributed by atoms with van der Waals surface area (Å²) in [6, 6.07) is 13.6. The Morgan fingerprint density at radius 1 is 1.14 bits per heavy atom. The summed E-state index contributed by atoms with van der Waals surface area (Å²) in [6.07, 6.45) is 2.52. The fourth-order valence-corrected chi connectivity index (χ4v) is 5.71. The molecule has 1 aromatic heterocycles. The third-order valence-electron chi connectivity index (χ3n) is 6.77. The molecule has 5 rings (SSSR count). The van der Waals surface area contributed by atoms with E-state index in [2.05, 4.69) is 17.5 Å². The van der Waals surface area contributed by atoms with Gasteiger partial charge in [0, 0.05) is 23.0 Å². The Bertz CT molecular complexity index is 1250. The van der Waals surface area contributed by atoms with E-state index >= 15 is 0 Å². The lowest BCUT2D eigenvalue weighted by Crippen LogP contribution is -2.48. The van der Waals surface area contributed by atoms with Gasteiger partial charge in [0.25, 0.3) is 5.91 Å². The monoisotopic (exact) mass is 492 g/mol. The van der Waals surface area contributed by atoms with Gasteiger partial charge in [-0.25, -0.2) is 4.39 Å². The zero-order chi connectivity index (χ0) is 24.5. The minimum atomic E-state index is -0.456. The first kappa shape index (κ1) is 23.5. The molecule has 3 aromatic rings. The highest BCUT2D eigenvalue weighted by Gasteiger charge is 2.38. The number of hydrogen-bond donors (Lipinski definition) is 0. The van der Waals surface area contributed by atoms with Gasteiger partial charge in [-0.05, 0) is 79.9 Å². The number of fused-ring (bicyclic) bond motifs is 1. The number of thiophene rings is 1. The maximum Gasteiger partial charge on any atom is 0.254 e. The molecule has 35 heavy (non-hydrogen) atoms. The number of hydrogen-bond acceptors (Lipinski definition) is 4. The highest BCUT2D eigenvalue weighted by molar-refractivity contribution is 7.10. The van der Waals surface area contributed by atoms with Crippen molar-refractivity contribution >= 4 is 23.2 Å². The largest absolute Gasteiger partial charge is 0.491 e. The average molecular weight is 493 g/mol. The first-order valence-corrected chi connectivity index (χ1v) is 12.9. The molecule has 2 aliphatic rings. The number of halogens is 1. The van der Waals surface area contributed by atoms with E-state index < -0.39 is 5.82 Å². The van der Waals surface area contributed by atoms with Crippen LogP contribution >= 0.6 is 11.3 Å². The summed E-state index contributed by atoms with van der Waals surface area (Å²) in [5.74, 6) is -0.0433. The van der Waals surface area contributed by atoms with Crippen molar-refractivity contribution in [1.82, 2.24) is 9.80 Å². The van der Waals surface area contributed by atoms with Gasteiger partial charge in [0.15, 0.2) is 0 Å². The summed E-state index contributed by atoms with van der Waals surface area (Å²) in [5, 5.41) is 2.06. The molecule has 1 saturated carbocycles. The molecule has 182 valence electrons. The first-order valence-electron chi connectivity index (χ1n) is 12.0. The van der Waals surface area contributed by atoms with Gasteiger partial charge in [-0.15, -0.1) is 11.3 Å². The molecule has 1 atom stereocenters. The van der Waals surface area contributed by atoms with Crippen molar-refractivity contribution in [2.75, 3.05) is 19.7 Å². The lowest BCUT2D eigenvalue weighted by molar-refractivity contribution is -0.135. The van der Waals surface area contributed by atoms with Crippen LogP contribution in [0.25, 0.3) is 0 Å². The number of rotatable bonds is 7. The Hall–Kier alpha value is -3.19. The van der Waals surface area contributed by atoms with Crippen LogP contribution in [-0.4, -0.2) is 47.4 Å². The number of benzene rings is 2. The molecule has 2 amide bonds. The van der Waals surface area contributed by atoms with Crippen molar-refractivity contribution in [3.63, 3.8) is 0 Å². The average Bonchev–Trinajstić information content (AvgIpc) is 3.57. The second-order valence-corrected chi connectivity index (χ2v) is 10.4. The molecule has 0 spiro atoms. The Morgan fingerprint density at radius 2 is 1.97 bits per heavy atom. The van der Waals surface area contributed by atoms with Gasteiger partial charge < -0.3 is 14.5 Å². The van der Waals surface area contributed by atoms with E-state index in [-0.39, 0.29) is 36.0 Å². The lowest BCUT2D eigenvalue weighted by Gasteiger charge is -2.37. The molecule has 5 nitrogen and oxygen atoms in total. The topological polar surface area (TPSA) is 49.9 Å². The molecule has 1 fully saturated rings. The van der Waals surface area contributed by atoms with Crippen LogP contribution in [0.4, 0.5) is 4.39 Å². The molecule has 1 aliphatic heterocycles. The highest BCUT2D eigenvalue weighted by Crippen LogP contribution is 2.35. The van der Waals surface area contributed by atoms with Crippen molar-refractivity contribution in [2.45, 2.75) is 45.2 Å². The van der Waals surface area contributed by atoms with Gasteiger partial charge in [-0.2, -0.15) is 0 Å². The smallest absolute Gasteiger partial charge is 0.254 e. The Morgan fingerprint density at radius 3 is 2.71 bits per heavy atom. The molecule has 0 bridgehead atoms. The van der Waals surface area contributed by atoms with Crippen LogP contribution in [0.15, 0.2) is 53.9 Å². The van der Waals surface area contributed by atoms with Crippen LogP contribution in [0.5, 0.6) is 5.75 Å². The number of ether oxygens (including phenoxy) is 1. The van der Waals surface area contributed by atoms with Crippen LogP contribution < -0.4 is 4.74 Å². The fraction of sp³-hybridized carbons (Fsp3) is 0.357. The number of carbonyl (C=O) groups excluding carboxylic acids is 2. The summed E-state index contributed by atoms with van der Waals surface area (Å²) in [7, 11) is 0. The predicted molar refractivity (Wildman–Crippen MR) is 134 cm³/mol. The van der Waals surface area contributed by atoms with E-state index in [1.807, 2.05) is 30.9 Å². The predicted octanol–water partition coefficient (Wildman–Crippen LogP) is 5.31. The van der Waals surface area contributed by atoms with Crippen LogP contribution in [0.1, 0.15) is 50.8 Å². The van der Waals surface area contributed by atoms with Crippen molar-refractivity contribution < 1.29 is 18.7 Å². The highest BCUT2D eigenvalue weighted by atomic mass is 32.1.